The fourth-order valence-corrected chi connectivity index (χ4v) is 14.9. The van der Waals surface area contributed by atoms with Gasteiger partial charge in [-0.15, -0.1) is 0 Å². The number of benzene rings is 6. The Labute approximate surface area is 377 Å². The van der Waals surface area contributed by atoms with Crippen molar-refractivity contribution in [3.63, 3.8) is 0 Å². The first-order chi connectivity index (χ1) is 31.4. The molecule has 8 fully saturated rings. The zero-order valence-electron chi connectivity index (χ0n) is 36.6. The van der Waals surface area contributed by atoms with Crippen molar-refractivity contribution in [3.05, 3.63) is 162 Å². The molecule has 7 aromatic rings. The van der Waals surface area contributed by atoms with Gasteiger partial charge in [0.15, 0.2) is 17.5 Å². The average molecular weight is 831 g/mol. The molecule has 8 bridgehead atoms. The largest absolute Gasteiger partial charge is 0.208 e. The van der Waals surface area contributed by atoms with E-state index in [1.807, 2.05) is 24.3 Å². The van der Waals surface area contributed by atoms with E-state index in [4.69, 9.17) is 15.0 Å². The molecule has 64 heavy (non-hydrogen) atoms. The van der Waals surface area contributed by atoms with Gasteiger partial charge < -0.3 is 0 Å². The summed E-state index contributed by atoms with van der Waals surface area (Å²) in [6.07, 6.45) is 17.1. The quantitative estimate of drug-likeness (QED) is 0.153. The Bertz CT molecular complexity index is 2720. The van der Waals surface area contributed by atoms with Crippen molar-refractivity contribution >= 4 is 0 Å². The Kier molecular flexibility index (Phi) is 8.95. The molecule has 4 nitrogen and oxygen atoms in total. The van der Waals surface area contributed by atoms with Gasteiger partial charge in [0, 0.05) is 16.7 Å². The van der Waals surface area contributed by atoms with Crippen LogP contribution >= 0.6 is 0 Å². The molecule has 0 amide bonds. The highest BCUT2D eigenvalue weighted by Gasteiger charge is 2.52. The van der Waals surface area contributed by atoms with Gasteiger partial charge in [-0.3, -0.25) is 0 Å². The Morgan fingerprint density at radius 3 is 1.02 bits per heavy atom. The Hall–Kier alpha value is -6.18. The SMILES string of the molecule is N#Cc1ccc(-c2ccc(-c3nc(-c4cccc(-c5ccc(C67C[C@H]8C[C@@H](C6)C[C@@H](C7)C8)cc5)c4)nc(-c4cccc(-c5ccc(C67C[C@H]8C[C@@H](C6)C[C@@H](C7)C8)cc5)c4)n3)cc2)cc1. The molecule has 0 saturated heterocycles. The minimum absolute atomic E-state index is 0.391. The van der Waals surface area contributed by atoms with Gasteiger partial charge in [0.05, 0.1) is 11.6 Å². The van der Waals surface area contributed by atoms with Gasteiger partial charge in [-0.1, -0.05) is 121 Å². The number of aromatic nitrogens is 3. The van der Waals surface area contributed by atoms with Gasteiger partial charge in [0.25, 0.3) is 0 Å². The minimum Gasteiger partial charge on any atom is -0.208 e. The van der Waals surface area contributed by atoms with Crippen molar-refractivity contribution in [2.24, 2.45) is 35.5 Å². The molecule has 1 aromatic heterocycles. The van der Waals surface area contributed by atoms with Crippen molar-refractivity contribution < 1.29 is 0 Å². The Morgan fingerprint density at radius 2 is 0.641 bits per heavy atom. The first-order valence-electron chi connectivity index (χ1n) is 24.2. The van der Waals surface area contributed by atoms with Gasteiger partial charge in [-0.25, -0.2) is 15.0 Å². The van der Waals surface area contributed by atoms with Crippen molar-refractivity contribution in [1.82, 2.24) is 15.0 Å². The maximum absolute atomic E-state index is 9.33. The molecule has 1 heterocycles. The van der Waals surface area contributed by atoms with Crippen LogP contribution in [0.3, 0.4) is 0 Å². The van der Waals surface area contributed by atoms with Gasteiger partial charge in [-0.05, 0) is 192 Å². The zero-order valence-corrected chi connectivity index (χ0v) is 36.6. The Balaban J connectivity index is 0.839. The molecular weight excluding hydrogens is 777 g/mol. The van der Waals surface area contributed by atoms with Crippen LogP contribution in [0.1, 0.15) is 93.7 Å². The normalized spacial score (nSPS) is 28.3. The van der Waals surface area contributed by atoms with Gasteiger partial charge in [0.2, 0.25) is 0 Å². The summed E-state index contributed by atoms with van der Waals surface area (Å²) in [7, 11) is 0. The van der Waals surface area contributed by atoms with Crippen LogP contribution in [-0.4, -0.2) is 15.0 Å². The van der Waals surface area contributed by atoms with Crippen molar-refractivity contribution in [1.29, 1.82) is 5.26 Å². The summed E-state index contributed by atoms with van der Waals surface area (Å²) < 4.78 is 0. The molecule has 0 spiro atoms. The highest BCUT2D eigenvalue weighted by molar-refractivity contribution is 5.76. The molecule has 8 saturated carbocycles. The van der Waals surface area contributed by atoms with Crippen molar-refractivity contribution in [2.45, 2.75) is 87.9 Å². The van der Waals surface area contributed by atoms with E-state index < -0.39 is 0 Å². The molecule has 8 aliphatic carbocycles. The fourth-order valence-electron chi connectivity index (χ4n) is 14.9. The van der Waals surface area contributed by atoms with Crippen LogP contribution in [0.4, 0.5) is 0 Å². The van der Waals surface area contributed by atoms with Crippen molar-refractivity contribution in [2.75, 3.05) is 0 Å². The third-order valence-electron chi connectivity index (χ3n) is 17.1. The summed E-state index contributed by atoms with van der Waals surface area (Å²) in [6, 6.07) is 55.0. The summed E-state index contributed by atoms with van der Waals surface area (Å²) in [6.45, 7) is 0. The van der Waals surface area contributed by atoms with Crippen LogP contribution in [-0.2, 0) is 10.8 Å². The molecule has 0 aliphatic heterocycles. The lowest BCUT2D eigenvalue weighted by Gasteiger charge is -2.57. The van der Waals surface area contributed by atoms with E-state index >= 15 is 0 Å². The summed E-state index contributed by atoms with van der Waals surface area (Å²) >= 11 is 0. The summed E-state index contributed by atoms with van der Waals surface area (Å²) in [5, 5.41) is 9.33. The molecule has 4 heteroatoms. The highest BCUT2D eigenvalue weighted by atomic mass is 15.0. The van der Waals surface area contributed by atoms with Crippen LogP contribution in [0.5, 0.6) is 0 Å². The summed E-state index contributed by atoms with van der Waals surface area (Å²) in [4.78, 5) is 15.6. The molecule has 314 valence electrons. The molecule has 8 aliphatic rings. The van der Waals surface area contributed by atoms with E-state index in [0.717, 1.165) is 63.3 Å². The second kappa shape index (κ2) is 15.0. The van der Waals surface area contributed by atoms with Crippen LogP contribution in [0, 0.1) is 46.8 Å². The first kappa shape index (κ1) is 38.3. The number of hydrogen-bond donors (Lipinski definition) is 0. The third kappa shape index (κ3) is 6.74. The molecule has 0 radical (unpaired) electrons. The molecule has 6 aromatic carbocycles. The standard InChI is InChI=1S/C60H54N4/c61-37-38-7-9-45(10-8-38)46-11-13-49(14-12-46)56-62-57(52-5-1-3-50(29-52)47-15-19-54(20-16-47)59-31-39-23-40(32-59)25-41(24-39)33-59)64-58(63-56)53-6-2-4-51(30-53)48-17-21-55(22-18-48)60-34-42-26-43(35-60)28-44(27-42)36-60/h1-22,29-30,39-44H,23-28,31-36H2/t39-,40+,41-,42-,43+,44-,59?,60?. The van der Waals surface area contributed by atoms with Crippen LogP contribution in [0.15, 0.2) is 146 Å². The Morgan fingerprint density at radius 1 is 0.344 bits per heavy atom. The van der Waals surface area contributed by atoms with E-state index in [1.54, 1.807) is 11.1 Å². The zero-order chi connectivity index (χ0) is 42.4. The smallest absolute Gasteiger partial charge is 0.164 e. The van der Waals surface area contributed by atoms with E-state index in [2.05, 4.69) is 127 Å². The van der Waals surface area contributed by atoms with Crippen LogP contribution in [0.25, 0.3) is 67.5 Å². The van der Waals surface area contributed by atoms with Gasteiger partial charge in [0.1, 0.15) is 0 Å². The fraction of sp³-hybridized carbons (Fsp3) is 0.333. The predicted molar refractivity (Wildman–Crippen MR) is 257 cm³/mol. The molecule has 15 rings (SSSR count). The second-order valence-electron chi connectivity index (χ2n) is 21.3. The topological polar surface area (TPSA) is 62.5 Å². The third-order valence-corrected chi connectivity index (χ3v) is 17.1. The molecule has 0 atom stereocenters. The molecule has 0 N–H and O–H groups in total. The average Bonchev–Trinajstić information content (AvgIpc) is 3.33. The molecular formula is C60H54N4. The first-order valence-corrected chi connectivity index (χ1v) is 24.2. The summed E-state index contributed by atoms with van der Waals surface area (Å²) in [5.74, 6) is 7.56. The maximum atomic E-state index is 9.33. The van der Waals surface area contributed by atoms with E-state index in [9.17, 15) is 5.26 Å². The van der Waals surface area contributed by atoms with Gasteiger partial charge >= 0.3 is 0 Å². The van der Waals surface area contributed by atoms with E-state index in [0.29, 0.717) is 33.9 Å². The van der Waals surface area contributed by atoms with Crippen LogP contribution < -0.4 is 0 Å². The highest BCUT2D eigenvalue weighted by Crippen LogP contribution is 2.62. The minimum atomic E-state index is 0.391. The lowest BCUT2D eigenvalue weighted by molar-refractivity contribution is -0.00530. The number of nitriles is 1. The lowest BCUT2D eigenvalue weighted by Crippen LogP contribution is -2.48. The van der Waals surface area contributed by atoms with Gasteiger partial charge in [-0.2, -0.15) is 5.26 Å². The second-order valence-corrected chi connectivity index (χ2v) is 21.3. The van der Waals surface area contributed by atoms with E-state index in [1.165, 1.54) is 99.3 Å². The number of rotatable bonds is 8. The lowest BCUT2D eigenvalue weighted by atomic mass is 9.48. The number of nitrogens with zero attached hydrogens (tertiary/aromatic N) is 4. The van der Waals surface area contributed by atoms with Crippen LogP contribution in [0.2, 0.25) is 0 Å². The summed E-state index contributed by atoms with van der Waals surface area (Å²) in [5.41, 5.74) is 14.4. The molecule has 0 unspecified atom stereocenters. The number of hydrogen-bond acceptors (Lipinski definition) is 4. The monoisotopic (exact) mass is 830 g/mol. The van der Waals surface area contributed by atoms with Crippen molar-refractivity contribution in [3.8, 4) is 73.6 Å². The van der Waals surface area contributed by atoms with E-state index in [-0.39, 0.29) is 0 Å². The maximum Gasteiger partial charge on any atom is 0.164 e. The predicted octanol–water partition coefficient (Wildman–Crippen LogP) is 14.7.